The third-order valence-corrected chi connectivity index (χ3v) is 2.64. The van der Waals surface area contributed by atoms with Crippen molar-refractivity contribution in [3.05, 3.63) is 18.2 Å². The average molecular weight is 239 g/mol. The molecular formula is C12H21N3O2. The number of hydrogen-bond donors (Lipinski definition) is 2. The molecule has 17 heavy (non-hydrogen) atoms. The van der Waals surface area contributed by atoms with Crippen LogP contribution >= 0.6 is 0 Å². The van der Waals surface area contributed by atoms with Crippen LogP contribution < -0.4 is 5.32 Å². The molecule has 5 heteroatoms. The number of unbranched alkanes of at least 4 members (excludes halogenated alkanes) is 2. The first-order valence-electron chi connectivity index (χ1n) is 6.06. The summed E-state index contributed by atoms with van der Waals surface area (Å²) < 4.78 is 4.78. The quantitative estimate of drug-likeness (QED) is 0.529. The predicted molar refractivity (Wildman–Crippen MR) is 65.6 cm³/mol. The van der Waals surface area contributed by atoms with E-state index in [1.54, 1.807) is 12.5 Å². The van der Waals surface area contributed by atoms with E-state index in [-0.39, 0.29) is 12.0 Å². The highest BCUT2D eigenvalue weighted by molar-refractivity contribution is 5.75. The lowest BCUT2D eigenvalue weighted by atomic mass is 10.1. The Morgan fingerprint density at radius 3 is 3.00 bits per heavy atom. The number of H-pyrrole nitrogens is 1. The maximum atomic E-state index is 11.6. The zero-order valence-electron chi connectivity index (χ0n) is 10.5. The molecule has 0 spiro atoms. The second-order valence-corrected chi connectivity index (χ2v) is 4.02. The molecule has 0 aliphatic heterocycles. The summed E-state index contributed by atoms with van der Waals surface area (Å²) in [4.78, 5) is 18.5. The molecule has 0 bridgehead atoms. The van der Waals surface area contributed by atoms with E-state index in [0.717, 1.165) is 18.7 Å². The van der Waals surface area contributed by atoms with Gasteiger partial charge in [0.2, 0.25) is 0 Å². The maximum Gasteiger partial charge on any atom is 0.323 e. The minimum atomic E-state index is -0.294. The van der Waals surface area contributed by atoms with Crippen LogP contribution in [-0.4, -0.2) is 35.6 Å². The van der Waals surface area contributed by atoms with Crippen LogP contribution in [0, 0.1) is 0 Å². The number of carbonyl (C=O) groups excluding carboxylic acids is 1. The lowest BCUT2D eigenvalue weighted by molar-refractivity contribution is -0.143. The summed E-state index contributed by atoms with van der Waals surface area (Å²) in [6.45, 7) is 2.99. The summed E-state index contributed by atoms with van der Waals surface area (Å²) in [6, 6.07) is -0.294. The van der Waals surface area contributed by atoms with E-state index in [0.29, 0.717) is 6.42 Å². The summed E-state index contributed by atoms with van der Waals surface area (Å²) in [5.41, 5.74) is 0.934. The second kappa shape index (κ2) is 7.84. The van der Waals surface area contributed by atoms with Gasteiger partial charge in [-0.05, 0) is 13.0 Å². The molecule has 1 heterocycles. The van der Waals surface area contributed by atoms with Crippen molar-refractivity contribution in [1.82, 2.24) is 15.3 Å². The first kappa shape index (κ1) is 13.7. The van der Waals surface area contributed by atoms with Gasteiger partial charge in [0.25, 0.3) is 0 Å². The molecule has 0 aliphatic carbocycles. The first-order chi connectivity index (χ1) is 8.27. The number of nitrogens with zero attached hydrogens (tertiary/aromatic N) is 1. The summed E-state index contributed by atoms with van der Waals surface area (Å²) in [7, 11) is 1.41. The summed E-state index contributed by atoms with van der Waals surface area (Å²) in [5.74, 6) is -0.226. The van der Waals surface area contributed by atoms with Crippen molar-refractivity contribution >= 4 is 5.97 Å². The monoisotopic (exact) mass is 239 g/mol. The Bertz CT molecular complexity index is 312. The molecule has 0 saturated carbocycles. The fourth-order valence-corrected chi connectivity index (χ4v) is 1.65. The van der Waals surface area contributed by atoms with Crippen molar-refractivity contribution < 1.29 is 9.53 Å². The summed E-state index contributed by atoms with van der Waals surface area (Å²) >= 11 is 0. The minimum absolute atomic E-state index is 0.226. The third-order valence-electron chi connectivity index (χ3n) is 2.64. The molecule has 96 valence electrons. The summed E-state index contributed by atoms with van der Waals surface area (Å²) in [5, 5.41) is 3.22. The molecule has 5 nitrogen and oxygen atoms in total. The van der Waals surface area contributed by atoms with E-state index >= 15 is 0 Å². The molecule has 0 unspecified atom stereocenters. The molecule has 1 rings (SSSR count). The lowest BCUT2D eigenvalue weighted by Gasteiger charge is -2.15. The Kier molecular flexibility index (Phi) is 6.32. The van der Waals surface area contributed by atoms with E-state index in [9.17, 15) is 4.79 Å². The molecule has 0 saturated heterocycles. The average Bonchev–Trinajstić information content (AvgIpc) is 2.85. The minimum Gasteiger partial charge on any atom is -0.468 e. The Morgan fingerprint density at radius 1 is 1.59 bits per heavy atom. The van der Waals surface area contributed by atoms with Crippen molar-refractivity contribution in [3.63, 3.8) is 0 Å². The molecular weight excluding hydrogens is 218 g/mol. The van der Waals surface area contributed by atoms with E-state index < -0.39 is 0 Å². The first-order valence-corrected chi connectivity index (χ1v) is 6.06. The molecule has 1 atom stereocenters. The van der Waals surface area contributed by atoms with Gasteiger partial charge in [-0.1, -0.05) is 19.8 Å². The van der Waals surface area contributed by atoms with Crippen molar-refractivity contribution in [2.75, 3.05) is 13.7 Å². The number of nitrogens with one attached hydrogen (secondary N) is 2. The predicted octanol–water partition coefficient (Wildman–Crippen LogP) is 1.27. The number of carbonyl (C=O) groups is 1. The third kappa shape index (κ3) is 4.99. The van der Waals surface area contributed by atoms with Gasteiger partial charge in [0.1, 0.15) is 6.04 Å². The molecule has 2 N–H and O–H groups in total. The highest BCUT2D eigenvalue weighted by atomic mass is 16.5. The normalized spacial score (nSPS) is 12.4. The highest BCUT2D eigenvalue weighted by Crippen LogP contribution is 2.01. The second-order valence-electron chi connectivity index (χ2n) is 4.02. The molecule has 0 aliphatic rings. The van der Waals surface area contributed by atoms with Crippen molar-refractivity contribution in [3.8, 4) is 0 Å². The number of methoxy groups -OCH3 is 1. The maximum absolute atomic E-state index is 11.6. The van der Waals surface area contributed by atoms with Crippen molar-refractivity contribution in [1.29, 1.82) is 0 Å². The van der Waals surface area contributed by atoms with Crippen LogP contribution in [0.4, 0.5) is 0 Å². The Labute approximate surface area is 102 Å². The van der Waals surface area contributed by atoms with Crippen LogP contribution in [0.5, 0.6) is 0 Å². The molecule has 0 radical (unpaired) electrons. The number of aromatic amines is 1. The van der Waals surface area contributed by atoms with E-state index in [1.807, 2.05) is 0 Å². The standard InChI is InChI=1S/C12H21N3O2/c1-3-4-5-6-14-11(12(16)17-2)7-10-8-13-9-15-10/h8-9,11,14H,3-7H2,1-2H3,(H,13,15)/t11-/m0/s1. The fourth-order valence-electron chi connectivity index (χ4n) is 1.65. The number of esters is 1. The van der Waals surface area contributed by atoms with Crippen LogP contribution in [0.25, 0.3) is 0 Å². The Morgan fingerprint density at radius 2 is 2.41 bits per heavy atom. The van der Waals surface area contributed by atoms with Gasteiger partial charge in [0.15, 0.2) is 0 Å². The fraction of sp³-hybridized carbons (Fsp3) is 0.667. The number of rotatable bonds is 8. The zero-order chi connectivity index (χ0) is 12.5. The molecule has 1 aromatic rings. The molecule has 0 fully saturated rings. The van der Waals surface area contributed by atoms with Gasteiger partial charge < -0.3 is 15.0 Å². The van der Waals surface area contributed by atoms with E-state index in [1.165, 1.54) is 20.0 Å². The topological polar surface area (TPSA) is 67.0 Å². The smallest absolute Gasteiger partial charge is 0.323 e. The number of hydrogen-bond acceptors (Lipinski definition) is 4. The van der Waals surface area contributed by atoms with Gasteiger partial charge in [0, 0.05) is 18.3 Å². The van der Waals surface area contributed by atoms with Crippen molar-refractivity contribution in [2.24, 2.45) is 0 Å². The van der Waals surface area contributed by atoms with Gasteiger partial charge in [0.05, 0.1) is 13.4 Å². The van der Waals surface area contributed by atoms with Gasteiger partial charge in [-0.2, -0.15) is 0 Å². The lowest BCUT2D eigenvalue weighted by Crippen LogP contribution is -2.40. The van der Waals surface area contributed by atoms with Crippen LogP contribution in [0.3, 0.4) is 0 Å². The molecule has 1 aromatic heterocycles. The largest absolute Gasteiger partial charge is 0.468 e. The van der Waals surface area contributed by atoms with Gasteiger partial charge in [-0.15, -0.1) is 0 Å². The number of ether oxygens (including phenoxy) is 1. The highest BCUT2D eigenvalue weighted by Gasteiger charge is 2.19. The SMILES string of the molecule is CCCCCN[C@@H](Cc1cnc[nH]1)C(=O)OC. The van der Waals surface area contributed by atoms with Gasteiger partial charge >= 0.3 is 5.97 Å². The Hall–Kier alpha value is -1.36. The summed E-state index contributed by atoms with van der Waals surface area (Å²) in [6.07, 6.45) is 7.34. The van der Waals surface area contributed by atoms with E-state index in [2.05, 4.69) is 22.2 Å². The van der Waals surface area contributed by atoms with Crippen LogP contribution in [0.2, 0.25) is 0 Å². The van der Waals surface area contributed by atoms with Crippen LogP contribution in [0.1, 0.15) is 31.9 Å². The van der Waals surface area contributed by atoms with Crippen LogP contribution in [0.15, 0.2) is 12.5 Å². The van der Waals surface area contributed by atoms with Gasteiger partial charge in [-0.3, -0.25) is 4.79 Å². The van der Waals surface area contributed by atoms with Gasteiger partial charge in [-0.25, -0.2) is 4.98 Å². The van der Waals surface area contributed by atoms with Crippen LogP contribution in [-0.2, 0) is 16.0 Å². The number of aromatic nitrogens is 2. The zero-order valence-corrected chi connectivity index (χ0v) is 10.5. The number of imidazole rings is 1. The van der Waals surface area contributed by atoms with E-state index in [4.69, 9.17) is 4.74 Å². The van der Waals surface area contributed by atoms with Crippen molar-refractivity contribution in [2.45, 2.75) is 38.6 Å². The Balaban J connectivity index is 2.40. The molecule has 0 amide bonds. The molecule has 0 aromatic carbocycles.